The summed E-state index contributed by atoms with van der Waals surface area (Å²) in [4.78, 5) is 29.6. The highest BCUT2D eigenvalue weighted by Crippen LogP contribution is 2.14. The van der Waals surface area contributed by atoms with Crippen LogP contribution in [0.1, 0.15) is 16.1 Å². The van der Waals surface area contributed by atoms with Gasteiger partial charge in [0.1, 0.15) is 0 Å². The second-order valence-corrected chi connectivity index (χ2v) is 4.30. The molecule has 0 radical (unpaired) electrons. The molecule has 0 aliphatic carbocycles. The minimum Gasteiger partial charge on any atom is -0.467 e. The quantitative estimate of drug-likeness (QED) is 0.723. The van der Waals surface area contributed by atoms with Crippen molar-refractivity contribution in [2.75, 3.05) is 26.9 Å². The fourth-order valence-electron chi connectivity index (χ4n) is 2.02. The van der Waals surface area contributed by atoms with E-state index in [9.17, 15) is 9.59 Å². The average molecular weight is 264 g/mol. The summed E-state index contributed by atoms with van der Waals surface area (Å²) in [7, 11) is 1.30. The summed E-state index contributed by atoms with van der Waals surface area (Å²) < 4.78 is 9.94. The van der Waals surface area contributed by atoms with Crippen LogP contribution < -0.4 is 0 Å². The highest BCUT2D eigenvalue weighted by molar-refractivity contribution is 5.97. The van der Waals surface area contributed by atoms with E-state index in [1.165, 1.54) is 12.0 Å². The Morgan fingerprint density at radius 3 is 3.00 bits per heavy atom. The predicted octanol–water partition coefficient (Wildman–Crippen LogP) is 0.404. The number of amides is 1. The third-order valence-electron chi connectivity index (χ3n) is 3.01. The van der Waals surface area contributed by atoms with E-state index in [0.717, 1.165) is 5.69 Å². The lowest BCUT2D eigenvalue weighted by Crippen LogP contribution is -2.53. The number of carbonyl (C=O) groups is 2. The monoisotopic (exact) mass is 264 g/mol. The molecule has 6 heteroatoms. The first-order chi connectivity index (χ1) is 9.13. The molecular weight excluding hydrogens is 248 g/mol. The Morgan fingerprint density at radius 1 is 1.53 bits per heavy atom. The number of esters is 1. The number of morpholine rings is 1. The van der Waals surface area contributed by atoms with Gasteiger partial charge in [-0.25, -0.2) is 4.79 Å². The van der Waals surface area contributed by atoms with Crippen LogP contribution in [-0.2, 0) is 14.3 Å². The van der Waals surface area contributed by atoms with Gasteiger partial charge in [0.05, 0.1) is 20.3 Å². The summed E-state index contributed by atoms with van der Waals surface area (Å²) in [6, 6.07) is 2.66. The van der Waals surface area contributed by atoms with Crippen molar-refractivity contribution in [3.8, 4) is 0 Å². The van der Waals surface area contributed by atoms with E-state index in [0.29, 0.717) is 18.7 Å². The summed E-state index contributed by atoms with van der Waals surface area (Å²) in [6.45, 7) is 2.78. The molecule has 2 heterocycles. The zero-order chi connectivity index (χ0) is 13.8. The second-order valence-electron chi connectivity index (χ2n) is 4.30. The Hall–Kier alpha value is -1.95. The number of aromatic nitrogens is 1. The van der Waals surface area contributed by atoms with Gasteiger partial charge in [0.2, 0.25) is 0 Å². The summed E-state index contributed by atoms with van der Waals surface area (Å²) in [5, 5.41) is 0. The van der Waals surface area contributed by atoms with Gasteiger partial charge in [-0.15, -0.1) is 0 Å². The van der Waals surface area contributed by atoms with Crippen LogP contribution in [0.2, 0.25) is 0 Å². The molecular formula is C13H16N2O4. The highest BCUT2D eigenvalue weighted by atomic mass is 16.5. The van der Waals surface area contributed by atoms with Gasteiger partial charge < -0.3 is 14.4 Å². The van der Waals surface area contributed by atoms with E-state index < -0.39 is 12.0 Å². The molecule has 1 aromatic rings. The molecule has 0 spiro atoms. The smallest absolute Gasteiger partial charge is 0.331 e. The summed E-state index contributed by atoms with van der Waals surface area (Å²) in [5.41, 5.74) is 1.28. The number of carbonyl (C=O) groups excluding carboxylic acids is 2. The molecule has 1 atom stereocenters. The third kappa shape index (κ3) is 2.90. The maximum Gasteiger partial charge on any atom is 0.331 e. The first kappa shape index (κ1) is 13.5. The minimum absolute atomic E-state index is 0.169. The van der Waals surface area contributed by atoms with Gasteiger partial charge in [0, 0.05) is 24.0 Å². The molecule has 102 valence electrons. The van der Waals surface area contributed by atoms with E-state index >= 15 is 0 Å². The number of hydrogen-bond donors (Lipinski definition) is 0. The van der Waals surface area contributed by atoms with Crippen molar-refractivity contribution in [2.45, 2.75) is 13.0 Å². The van der Waals surface area contributed by atoms with Crippen LogP contribution in [0.25, 0.3) is 0 Å². The number of methoxy groups -OCH3 is 1. The molecule has 6 nitrogen and oxygen atoms in total. The van der Waals surface area contributed by atoms with Gasteiger partial charge in [0.25, 0.3) is 5.91 Å². The normalized spacial score (nSPS) is 19.1. The summed E-state index contributed by atoms with van der Waals surface area (Å²) in [6.07, 6.45) is 1.58. The predicted molar refractivity (Wildman–Crippen MR) is 66.6 cm³/mol. The molecule has 1 amide bonds. The van der Waals surface area contributed by atoms with E-state index in [1.807, 2.05) is 6.92 Å². The first-order valence-corrected chi connectivity index (χ1v) is 6.02. The van der Waals surface area contributed by atoms with Crippen LogP contribution in [0.3, 0.4) is 0 Å². The fourth-order valence-corrected chi connectivity index (χ4v) is 2.02. The van der Waals surface area contributed by atoms with Crippen LogP contribution in [0.5, 0.6) is 0 Å². The number of ether oxygens (including phenoxy) is 2. The average Bonchev–Trinajstić information content (AvgIpc) is 2.45. The van der Waals surface area contributed by atoms with Gasteiger partial charge in [-0.1, -0.05) is 0 Å². The topological polar surface area (TPSA) is 68.7 Å². The van der Waals surface area contributed by atoms with Crippen LogP contribution in [-0.4, -0.2) is 54.7 Å². The number of aryl methyl sites for hydroxylation is 1. The standard InChI is InChI=1S/C13H16N2O4/c1-9-7-10(3-4-14-9)12(16)15-5-6-19-8-11(15)13(17)18-2/h3-4,7,11H,5-6,8H2,1-2H3. The molecule has 1 aliphatic heterocycles. The zero-order valence-corrected chi connectivity index (χ0v) is 11.0. The molecule has 0 N–H and O–H groups in total. The van der Waals surface area contributed by atoms with Crippen molar-refractivity contribution >= 4 is 11.9 Å². The Labute approximate surface area is 111 Å². The second kappa shape index (κ2) is 5.79. The number of pyridine rings is 1. The van der Waals surface area contributed by atoms with Crippen molar-refractivity contribution in [2.24, 2.45) is 0 Å². The summed E-state index contributed by atoms with van der Waals surface area (Å²) >= 11 is 0. The van der Waals surface area contributed by atoms with Crippen molar-refractivity contribution in [1.82, 2.24) is 9.88 Å². The lowest BCUT2D eigenvalue weighted by Gasteiger charge is -2.33. The zero-order valence-electron chi connectivity index (χ0n) is 11.0. The Kier molecular flexibility index (Phi) is 4.11. The maximum atomic E-state index is 12.4. The molecule has 2 rings (SSSR count). The fraction of sp³-hybridized carbons (Fsp3) is 0.462. The molecule has 19 heavy (non-hydrogen) atoms. The molecule has 1 saturated heterocycles. The van der Waals surface area contributed by atoms with Gasteiger partial charge in [-0.05, 0) is 19.1 Å². The largest absolute Gasteiger partial charge is 0.467 e. The van der Waals surface area contributed by atoms with Gasteiger partial charge in [-0.3, -0.25) is 9.78 Å². The van der Waals surface area contributed by atoms with Crippen LogP contribution >= 0.6 is 0 Å². The molecule has 1 unspecified atom stereocenters. The third-order valence-corrected chi connectivity index (χ3v) is 3.01. The molecule has 1 aromatic heterocycles. The van der Waals surface area contributed by atoms with Crippen LogP contribution in [0, 0.1) is 6.92 Å². The van der Waals surface area contributed by atoms with E-state index in [4.69, 9.17) is 9.47 Å². The highest BCUT2D eigenvalue weighted by Gasteiger charge is 2.34. The lowest BCUT2D eigenvalue weighted by molar-refractivity contribution is -0.151. The van der Waals surface area contributed by atoms with Crippen molar-refractivity contribution in [3.05, 3.63) is 29.6 Å². The SMILES string of the molecule is COC(=O)C1COCCN1C(=O)c1ccnc(C)c1. The maximum absolute atomic E-state index is 12.4. The molecule has 1 aliphatic rings. The lowest BCUT2D eigenvalue weighted by atomic mass is 10.1. The van der Waals surface area contributed by atoms with E-state index in [2.05, 4.69) is 4.98 Å². The molecule has 1 fully saturated rings. The number of nitrogens with zero attached hydrogens (tertiary/aromatic N) is 2. The Balaban J connectivity index is 2.22. The first-order valence-electron chi connectivity index (χ1n) is 6.02. The molecule has 0 saturated carbocycles. The number of hydrogen-bond acceptors (Lipinski definition) is 5. The molecule has 0 aromatic carbocycles. The van der Waals surface area contributed by atoms with Crippen LogP contribution in [0.4, 0.5) is 0 Å². The van der Waals surface area contributed by atoms with Crippen LogP contribution in [0.15, 0.2) is 18.3 Å². The van der Waals surface area contributed by atoms with Crippen molar-refractivity contribution in [1.29, 1.82) is 0 Å². The summed E-state index contributed by atoms with van der Waals surface area (Å²) in [5.74, 6) is -0.664. The van der Waals surface area contributed by atoms with E-state index in [1.54, 1.807) is 18.3 Å². The van der Waals surface area contributed by atoms with Crippen molar-refractivity contribution in [3.63, 3.8) is 0 Å². The number of rotatable bonds is 2. The van der Waals surface area contributed by atoms with E-state index in [-0.39, 0.29) is 12.5 Å². The minimum atomic E-state index is -0.681. The Morgan fingerprint density at radius 2 is 2.32 bits per heavy atom. The van der Waals surface area contributed by atoms with Gasteiger partial charge in [0.15, 0.2) is 6.04 Å². The van der Waals surface area contributed by atoms with Crippen molar-refractivity contribution < 1.29 is 19.1 Å². The van der Waals surface area contributed by atoms with Gasteiger partial charge in [-0.2, -0.15) is 0 Å². The Bertz CT molecular complexity index is 489. The molecule has 0 bridgehead atoms. The van der Waals surface area contributed by atoms with Gasteiger partial charge >= 0.3 is 5.97 Å².